The van der Waals surface area contributed by atoms with Gasteiger partial charge < -0.3 is 15.2 Å². The third kappa shape index (κ3) is 2.61. The highest BCUT2D eigenvalue weighted by atomic mass is 19.3. The fraction of sp³-hybridized carbons (Fsp3) is 0.400. The van der Waals surface area contributed by atoms with Crippen LogP contribution in [0.1, 0.15) is 29.3 Å². The minimum Gasteiger partial charge on any atom is -0.494 e. The van der Waals surface area contributed by atoms with Gasteiger partial charge in [0.15, 0.2) is 5.75 Å². The Bertz CT molecular complexity index is 424. The number of anilines is 1. The van der Waals surface area contributed by atoms with E-state index in [1.807, 2.05) is 0 Å². The van der Waals surface area contributed by atoms with E-state index in [4.69, 9.17) is 10.5 Å². The maximum atomic E-state index is 12.8. The molecule has 0 fully saturated rings. The molecule has 0 aliphatic rings. The van der Waals surface area contributed by atoms with Gasteiger partial charge >= 0.3 is 5.97 Å². The van der Waals surface area contributed by atoms with Crippen LogP contribution in [0.15, 0.2) is 6.20 Å². The molecule has 1 heterocycles. The van der Waals surface area contributed by atoms with E-state index in [2.05, 4.69) is 9.72 Å². The fourth-order valence-electron chi connectivity index (χ4n) is 1.31. The first-order valence-electron chi connectivity index (χ1n) is 4.80. The van der Waals surface area contributed by atoms with Crippen LogP contribution < -0.4 is 10.5 Å². The van der Waals surface area contributed by atoms with Crippen molar-refractivity contribution < 1.29 is 23.0 Å². The van der Waals surface area contributed by atoms with Crippen molar-refractivity contribution in [3.8, 4) is 5.75 Å². The Hall–Kier alpha value is -1.92. The molecule has 1 aromatic heterocycles. The van der Waals surface area contributed by atoms with Crippen LogP contribution in [-0.2, 0) is 4.74 Å². The number of alkyl halides is 2. The number of carbonyl (C=O) groups is 1. The standard InChI is InChI=1S/C10H12F2N2O3/c1-3-17-10(15)6-5(16-2)4-14-9(13)7(6)8(11)12/h4,8H,3H2,1-2H3,(H2,13,14). The minimum absolute atomic E-state index is 0.0624. The SMILES string of the molecule is CCOC(=O)c1c(OC)cnc(N)c1C(F)F. The lowest BCUT2D eigenvalue weighted by Gasteiger charge is -2.13. The Morgan fingerprint density at radius 2 is 2.24 bits per heavy atom. The van der Waals surface area contributed by atoms with Gasteiger partial charge in [-0.1, -0.05) is 0 Å². The lowest BCUT2D eigenvalue weighted by molar-refractivity contribution is 0.0511. The monoisotopic (exact) mass is 246 g/mol. The highest BCUT2D eigenvalue weighted by molar-refractivity contribution is 5.95. The molecular formula is C10H12F2N2O3. The molecule has 0 saturated heterocycles. The maximum absolute atomic E-state index is 12.8. The van der Waals surface area contributed by atoms with Gasteiger partial charge in [-0.2, -0.15) is 0 Å². The van der Waals surface area contributed by atoms with Crippen molar-refractivity contribution in [1.82, 2.24) is 4.98 Å². The summed E-state index contributed by atoms with van der Waals surface area (Å²) in [5, 5.41) is 0. The third-order valence-corrected chi connectivity index (χ3v) is 2.03. The molecule has 0 bridgehead atoms. The predicted octanol–water partition coefficient (Wildman–Crippen LogP) is 1.79. The Morgan fingerprint density at radius 1 is 1.59 bits per heavy atom. The number of carbonyl (C=O) groups excluding carboxylic acids is 1. The van der Waals surface area contributed by atoms with Crippen molar-refractivity contribution in [3.05, 3.63) is 17.3 Å². The number of pyridine rings is 1. The van der Waals surface area contributed by atoms with Crippen molar-refractivity contribution in [2.45, 2.75) is 13.3 Å². The van der Waals surface area contributed by atoms with Crippen LogP contribution in [0.5, 0.6) is 5.75 Å². The summed E-state index contributed by atoms with van der Waals surface area (Å²) in [5.41, 5.74) is 4.28. The summed E-state index contributed by atoms with van der Waals surface area (Å²) in [6.45, 7) is 1.63. The van der Waals surface area contributed by atoms with Crippen molar-refractivity contribution in [2.75, 3.05) is 19.5 Å². The number of nitrogens with zero attached hydrogens (tertiary/aromatic N) is 1. The Labute approximate surface area is 96.5 Å². The van der Waals surface area contributed by atoms with Crippen molar-refractivity contribution >= 4 is 11.8 Å². The van der Waals surface area contributed by atoms with Gasteiger partial charge in [0.05, 0.1) is 25.5 Å². The quantitative estimate of drug-likeness (QED) is 0.820. The van der Waals surface area contributed by atoms with Crippen LogP contribution in [-0.4, -0.2) is 24.7 Å². The zero-order chi connectivity index (χ0) is 13.0. The van der Waals surface area contributed by atoms with E-state index in [1.54, 1.807) is 6.92 Å². The number of aromatic nitrogens is 1. The summed E-state index contributed by atoms with van der Waals surface area (Å²) in [4.78, 5) is 15.1. The molecule has 0 spiro atoms. The maximum Gasteiger partial charge on any atom is 0.342 e. The molecule has 1 aromatic rings. The molecule has 1 rings (SSSR count). The van der Waals surface area contributed by atoms with Gasteiger partial charge in [0.2, 0.25) is 0 Å². The molecule has 0 aliphatic heterocycles. The number of esters is 1. The summed E-state index contributed by atoms with van der Waals surface area (Å²) >= 11 is 0. The van der Waals surface area contributed by atoms with Gasteiger partial charge in [-0.15, -0.1) is 0 Å². The van der Waals surface area contributed by atoms with E-state index in [9.17, 15) is 13.6 Å². The zero-order valence-electron chi connectivity index (χ0n) is 9.37. The average molecular weight is 246 g/mol. The Morgan fingerprint density at radius 3 is 2.71 bits per heavy atom. The van der Waals surface area contributed by atoms with E-state index in [-0.39, 0.29) is 17.9 Å². The smallest absolute Gasteiger partial charge is 0.342 e. The topological polar surface area (TPSA) is 74.4 Å². The molecular weight excluding hydrogens is 234 g/mol. The van der Waals surface area contributed by atoms with E-state index in [0.29, 0.717) is 0 Å². The number of halogens is 2. The highest BCUT2D eigenvalue weighted by Crippen LogP contribution is 2.33. The van der Waals surface area contributed by atoms with E-state index in [1.165, 1.54) is 7.11 Å². The molecule has 17 heavy (non-hydrogen) atoms. The second kappa shape index (κ2) is 5.42. The van der Waals surface area contributed by atoms with Gasteiger partial charge in [-0.05, 0) is 6.92 Å². The first-order chi connectivity index (χ1) is 8.02. The van der Waals surface area contributed by atoms with Gasteiger partial charge in [0, 0.05) is 0 Å². The molecule has 0 saturated carbocycles. The fourth-order valence-corrected chi connectivity index (χ4v) is 1.31. The summed E-state index contributed by atoms with van der Waals surface area (Å²) < 4.78 is 35.1. The van der Waals surface area contributed by atoms with Crippen LogP contribution >= 0.6 is 0 Å². The lowest BCUT2D eigenvalue weighted by atomic mass is 10.1. The molecule has 0 radical (unpaired) electrons. The first kappa shape index (κ1) is 13.1. The van der Waals surface area contributed by atoms with E-state index in [0.717, 1.165) is 6.20 Å². The predicted molar refractivity (Wildman–Crippen MR) is 56.1 cm³/mol. The van der Waals surface area contributed by atoms with Crippen LogP contribution in [0.25, 0.3) is 0 Å². The Balaban J connectivity index is 3.40. The van der Waals surface area contributed by atoms with Crippen LogP contribution in [0, 0.1) is 0 Å². The molecule has 94 valence electrons. The number of hydrogen-bond acceptors (Lipinski definition) is 5. The second-order valence-corrected chi connectivity index (χ2v) is 3.02. The molecule has 0 atom stereocenters. The third-order valence-electron chi connectivity index (χ3n) is 2.03. The highest BCUT2D eigenvalue weighted by Gasteiger charge is 2.27. The largest absolute Gasteiger partial charge is 0.494 e. The summed E-state index contributed by atoms with van der Waals surface area (Å²) in [6, 6.07) is 0. The molecule has 0 aliphatic carbocycles. The molecule has 5 nitrogen and oxygen atoms in total. The van der Waals surface area contributed by atoms with E-state index < -0.39 is 23.8 Å². The number of rotatable bonds is 4. The molecule has 7 heteroatoms. The lowest BCUT2D eigenvalue weighted by Crippen LogP contribution is -2.13. The van der Waals surface area contributed by atoms with Crippen molar-refractivity contribution in [2.24, 2.45) is 0 Å². The van der Waals surface area contributed by atoms with Gasteiger partial charge in [0.25, 0.3) is 6.43 Å². The average Bonchev–Trinajstić information content (AvgIpc) is 2.28. The summed E-state index contributed by atoms with van der Waals surface area (Å²) in [6.07, 6.45) is -1.83. The summed E-state index contributed by atoms with van der Waals surface area (Å²) in [7, 11) is 1.24. The number of hydrogen-bond donors (Lipinski definition) is 1. The van der Waals surface area contributed by atoms with Crippen molar-refractivity contribution in [1.29, 1.82) is 0 Å². The number of methoxy groups -OCH3 is 1. The summed E-state index contributed by atoms with van der Waals surface area (Å²) in [5.74, 6) is -1.41. The van der Waals surface area contributed by atoms with Crippen molar-refractivity contribution in [3.63, 3.8) is 0 Å². The number of ether oxygens (including phenoxy) is 2. The van der Waals surface area contributed by atoms with Crippen LogP contribution in [0.3, 0.4) is 0 Å². The minimum atomic E-state index is -2.93. The Kier molecular flexibility index (Phi) is 4.19. The number of nitrogens with two attached hydrogens (primary N) is 1. The molecule has 0 unspecified atom stereocenters. The first-order valence-corrected chi connectivity index (χ1v) is 4.80. The molecule has 0 amide bonds. The normalized spacial score (nSPS) is 10.4. The second-order valence-electron chi connectivity index (χ2n) is 3.02. The zero-order valence-corrected chi connectivity index (χ0v) is 9.37. The number of nitrogen functional groups attached to an aromatic ring is 1. The van der Waals surface area contributed by atoms with Gasteiger partial charge in [-0.3, -0.25) is 0 Å². The van der Waals surface area contributed by atoms with Crippen LogP contribution in [0.4, 0.5) is 14.6 Å². The molecule has 2 N–H and O–H groups in total. The van der Waals surface area contributed by atoms with Gasteiger partial charge in [0.1, 0.15) is 11.4 Å². The van der Waals surface area contributed by atoms with E-state index >= 15 is 0 Å². The van der Waals surface area contributed by atoms with Gasteiger partial charge in [-0.25, -0.2) is 18.6 Å². The van der Waals surface area contributed by atoms with Crippen LogP contribution in [0.2, 0.25) is 0 Å². The molecule has 0 aromatic carbocycles.